The van der Waals surface area contributed by atoms with E-state index >= 15 is 0 Å². The minimum atomic E-state index is -3.51. The zero-order valence-corrected chi connectivity index (χ0v) is 11.0. The van der Waals surface area contributed by atoms with Crippen molar-refractivity contribution in [1.82, 2.24) is 8.87 Å². The molecule has 0 aliphatic carbocycles. The molecule has 1 amide bonds. The molecule has 1 aliphatic heterocycles. The number of aromatic nitrogens is 1. The molecule has 0 unspecified atom stereocenters. The van der Waals surface area contributed by atoms with Crippen LogP contribution in [-0.4, -0.2) is 49.4 Å². The number of sulfonamides is 1. The molecule has 18 heavy (non-hydrogen) atoms. The van der Waals surface area contributed by atoms with E-state index in [-0.39, 0.29) is 10.6 Å². The van der Waals surface area contributed by atoms with Crippen molar-refractivity contribution < 1.29 is 18.5 Å². The summed E-state index contributed by atoms with van der Waals surface area (Å²) in [6, 6.07) is 1.33. The van der Waals surface area contributed by atoms with E-state index in [0.717, 1.165) is 13.1 Å². The Morgan fingerprint density at radius 2 is 2.00 bits per heavy atom. The van der Waals surface area contributed by atoms with Gasteiger partial charge >= 0.3 is 0 Å². The Hall–Kier alpha value is -1.38. The number of aryl methyl sites for hydroxylation is 1. The number of amides is 1. The van der Waals surface area contributed by atoms with Crippen LogP contribution in [0.1, 0.15) is 10.5 Å². The highest BCUT2D eigenvalue weighted by Gasteiger charge is 2.29. The molecule has 2 heterocycles. The van der Waals surface area contributed by atoms with E-state index < -0.39 is 15.9 Å². The van der Waals surface area contributed by atoms with E-state index in [4.69, 9.17) is 5.73 Å². The van der Waals surface area contributed by atoms with Crippen LogP contribution in [0.3, 0.4) is 0 Å². The molecule has 0 spiro atoms. The summed E-state index contributed by atoms with van der Waals surface area (Å²) in [6.07, 6.45) is 1.42. The largest absolute Gasteiger partial charge is 0.364 e. The van der Waals surface area contributed by atoms with Gasteiger partial charge in [-0.25, -0.2) is 8.42 Å². The van der Waals surface area contributed by atoms with E-state index in [1.165, 1.54) is 21.1 Å². The van der Waals surface area contributed by atoms with Crippen molar-refractivity contribution in [2.45, 2.75) is 4.90 Å². The molecule has 7 nitrogen and oxygen atoms in total. The molecule has 1 aliphatic rings. The van der Waals surface area contributed by atoms with Crippen molar-refractivity contribution in [2.24, 2.45) is 12.8 Å². The molecule has 4 N–H and O–H groups in total. The summed E-state index contributed by atoms with van der Waals surface area (Å²) in [5, 5.41) is 2.08. The van der Waals surface area contributed by atoms with Crippen LogP contribution in [0.4, 0.5) is 0 Å². The second-order valence-electron chi connectivity index (χ2n) is 4.31. The first-order chi connectivity index (χ1) is 8.43. The van der Waals surface area contributed by atoms with Crippen LogP contribution >= 0.6 is 0 Å². The smallest absolute Gasteiger partial charge is 0.265 e. The fourth-order valence-electron chi connectivity index (χ4n) is 2.04. The van der Waals surface area contributed by atoms with Crippen LogP contribution in [0.2, 0.25) is 0 Å². The lowest BCUT2D eigenvalue weighted by atomic mass is 10.4. The molecule has 1 fully saturated rings. The van der Waals surface area contributed by atoms with Crippen molar-refractivity contribution in [1.29, 1.82) is 0 Å². The molecular formula is C10H17N4O3S+. The monoisotopic (exact) mass is 273 g/mol. The highest BCUT2D eigenvalue weighted by atomic mass is 32.2. The van der Waals surface area contributed by atoms with Gasteiger partial charge in [0.2, 0.25) is 10.0 Å². The second kappa shape index (κ2) is 4.71. The van der Waals surface area contributed by atoms with Gasteiger partial charge in [0.15, 0.2) is 0 Å². The Morgan fingerprint density at radius 3 is 2.50 bits per heavy atom. The Morgan fingerprint density at radius 1 is 1.39 bits per heavy atom. The lowest BCUT2D eigenvalue weighted by Crippen LogP contribution is -2.89. The summed E-state index contributed by atoms with van der Waals surface area (Å²) in [5.74, 6) is -0.633. The van der Waals surface area contributed by atoms with E-state index in [0.29, 0.717) is 13.1 Å². The van der Waals surface area contributed by atoms with Crippen molar-refractivity contribution in [3.63, 3.8) is 0 Å². The van der Waals surface area contributed by atoms with Gasteiger partial charge in [0.05, 0.1) is 26.2 Å². The predicted octanol–water partition coefficient (Wildman–Crippen LogP) is -2.31. The van der Waals surface area contributed by atoms with Gasteiger partial charge in [-0.2, -0.15) is 4.31 Å². The summed E-state index contributed by atoms with van der Waals surface area (Å²) in [5.41, 5.74) is 5.37. The maximum Gasteiger partial charge on any atom is 0.265 e. The van der Waals surface area contributed by atoms with E-state index in [1.54, 1.807) is 7.05 Å². The summed E-state index contributed by atoms with van der Waals surface area (Å²) in [4.78, 5) is 11.3. The lowest BCUT2D eigenvalue weighted by molar-refractivity contribution is -0.661. The van der Waals surface area contributed by atoms with E-state index in [2.05, 4.69) is 5.32 Å². The molecule has 8 heteroatoms. The normalized spacial score (nSPS) is 17.8. The van der Waals surface area contributed by atoms with Crippen LogP contribution in [-0.2, 0) is 17.1 Å². The average molecular weight is 273 g/mol. The SMILES string of the molecule is Cn1cc(S(=O)(=O)N2CC[NH2+]CC2)cc1C(N)=O. The Balaban J connectivity index is 2.35. The number of primary amides is 1. The minimum absolute atomic E-state index is 0.126. The summed E-state index contributed by atoms with van der Waals surface area (Å²) >= 11 is 0. The van der Waals surface area contributed by atoms with Crippen LogP contribution in [0, 0.1) is 0 Å². The molecule has 0 bridgehead atoms. The number of quaternary nitrogens is 1. The molecule has 1 aromatic rings. The van der Waals surface area contributed by atoms with Gasteiger partial charge in [0, 0.05) is 13.2 Å². The number of hydrogen-bond acceptors (Lipinski definition) is 3. The quantitative estimate of drug-likeness (QED) is 0.647. The first kappa shape index (κ1) is 13.1. The van der Waals surface area contributed by atoms with Crippen LogP contribution in [0.15, 0.2) is 17.2 Å². The number of nitrogens with zero attached hydrogens (tertiary/aromatic N) is 2. The number of rotatable bonds is 3. The van der Waals surface area contributed by atoms with Gasteiger partial charge in [-0.1, -0.05) is 0 Å². The first-order valence-corrected chi connectivity index (χ1v) is 7.15. The van der Waals surface area contributed by atoms with E-state index in [9.17, 15) is 13.2 Å². The standard InChI is InChI=1S/C10H16N4O3S/c1-13-7-8(6-9(13)10(11)15)18(16,17)14-4-2-12-3-5-14/h6-7,12H,2-5H2,1H3,(H2,11,15)/p+1. The molecule has 0 atom stereocenters. The zero-order valence-electron chi connectivity index (χ0n) is 10.2. The Labute approximate surface area is 106 Å². The molecule has 1 aromatic heterocycles. The van der Waals surface area contributed by atoms with Gasteiger partial charge in [0.1, 0.15) is 10.6 Å². The molecule has 0 aromatic carbocycles. The average Bonchev–Trinajstić information content (AvgIpc) is 2.73. The van der Waals surface area contributed by atoms with Crippen LogP contribution < -0.4 is 11.1 Å². The zero-order chi connectivity index (χ0) is 13.3. The molecule has 2 rings (SSSR count). The molecule has 0 radical (unpaired) electrons. The summed E-state index contributed by atoms with van der Waals surface area (Å²) < 4.78 is 27.5. The third-order valence-electron chi connectivity index (χ3n) is 3.04. The van der Waals surface area contributed by atoms with Gasteiger partial charge in [-0.15, -0.1) is 0 Å². The fraction of sp³-hybridized carbons (Fsp3) is 0.500. The van der Waals surface area contributed by atoms with Gasteiger partial charge < -0.3 is 15.6 Å². The van der Waals surface area contributed by atoms with Crippen molar-refractivity contribution >= 4 is 15.9 Å². The molecule has 1 saturated heterocycles. The van der Waals surface area contributed by atoms with Crippen molar-refractivity contribution in [3.8, 4) is 0 Å². The molecular weight excluding hydrogens is 256 g/mol. The van der Waals surface area contributed by atoms with Gasteiger partial charge in [0.25, 0.3) is 5.91 Å². The van der Waals surface area contributed by atoms with Crippen molar-refractivity contribution in [3.05, 3.63) is 18.0 Å². The predicted molar refractivity (Wildman–Crippen MR) is 64.3 cm³/mol. The minimum Gasteiger partial charge on any atom is -0.364 e. The van der Waals surface area contributed by atoms with E-state index in [1.807, 2.05) is 0 Å². The maximum absolute atomic E-state index is 12.3. The first-order valence-electron chi connectivity index (χ1n) is 5.71. The second-order valence-corrected chi connectivity index (χ2v) is 6.24. The van der Waals surface area contributed by atoms with Crippen molar-refractivity contribution in [2.75, 3.05) is 26.2 Å². The molecule has 100 valence electrons. The van der Waals surface area contributed by atoms with Gasteiger partial charge in [-0.3, -0.25) is 4.79 Å². The topological polar surface area (TPSA) is 102 Å². The third kappa shape index (κ3) is 2.26. The summed E-state index contributed by atoms with van der Waals surface area (Å²) in [7, 11) is -1.91. The number of piperazine rings is 1. The lowest BCUT2D eigenvalue weighted by Gasteiger charge is -2.23. The van der Waals surface area contributed by atoms with Gasteiger partial charge in [-0.05, 0) is 6.07 Å². The third-order valence-corrected chi connectivity index (χ3v) is 4.90. The Bertz CT molecular complexity index is 558. The van der Waals surface area contributed by atoms with Crippen LogP contribution in [0.25, 0.3) is 0 Å². The number of carbonyl (C=O) groups excluding carboxylic acids is 1. The number of nitrogens with two attached hydrogens (primary N) is 2. The highest BCUT2D eigenvalue weighted by molar-refractivity contribution is 7.89. The van der Waals surface area contributed by atoms with Crippen LogP contribution in [0.5, 0.6) is 0 Å². The Kier molecular flexibility index (Phi) is 3.42. The summed E-state index contributed by atoms with van der Waals surface area (Å²) in [6.45, 7) is 2.50. The fourth-order valence-corrected chi connectivity index (χ4v) is 3.58. The number of carbonyl (C=O) groups is 1. The maximum atomic E-state index is 12.3. The highest BCUT2D eigenvalue weighted by Crippen LogP contribution is 2.18. The number of hydrogen-bond donors (Lipinski definition) is 2. The molecule has 0 saturated carbocycles.